The van der Waals surface area contributed by atoms with E-state index in [0.29, 0.717) is 41.3 Å². The van der Waals surface area contributed by atoms with Gasteiger partial charge in [-0.05, 0) is 48.7 Å². The molecule has 2 aromatic carbocycles. The van der Waals surface area contributed by atoms with Crippen LogP contribution >= 0.6 is 35.6 Å². The second-order valence-electron chi connectivity index (χ2n) is 6.34. The number of nitrogens with zero attached hydrogens (tertiary/aromatic N) is 1. The van der Waals surface area contributed by atoms with Gasteiger partial charge in [-0.25, -0.2) is 0 Å². The molecule has 0 aliphatic rings. The average molecular weight is 547 g/mol. The number of guanidine groups is 1. The second-order valence-corrected chi connectivity index (χ2v) is 6.75. The molecule has 0 unspecified atom stereocenters. The number of rotatable bonds is 9. The van der Waals surface area contributed by atoms with Crippen molar-refractivity contribution in [2.75, 3.05) is 32.6 Å². The van der Waals surface area contributed by atoms with Gasteiger partial charge in [0, 0.05) is 23.7 Å². The van der Waals surface area contributed by atoms with Gasteiger partial charge in [0.25, 0.3) is 0 Å². The van der Waals surface area contributed by atoms with Gasteiger partial charge in [-0.3, -0.25) is 9.79 Å². The molecular formula is C21H28ClIN4O3. The van der Waals surface area contributed by atoms with Crippen LogP contribution < -0.4 is 25.8 Å². The number of methoxy groups -OCH3 is 2. The Morgan fingerprint density at radius 1 is 1.17 bits per heavy atom. The number of aliphatic imine (C=N–C) groups is 1. The first-order chi connectivity index (χ1) is 13.9. The van der Waals surface area contributed by atoms with Gasteiger partial charge in [-0.1, -0.05) is 23.7 Å². The van der Waals surface area contributed by atoms with E-state index in [2.05, 4.69) is 15.6 Å². The normalized spacial score (nSPS) is 10.7. The SMILES string of the molecule is COc1ccc(CCNC(N)=NCCC(=O)Nc2cccc(Cl)c2C)cc1OC.I. The maximum Gasteiger partial charge on any atom is 0.226 e. The molecule has 9 heteroatoms. The van der Waals surface area contributed by atoms with Gasteiger partial charge in [0.1, 0.15) is 0 Å². The number of anilines is 1. The second kappa shape index (κ2) is 13.2. The zero-order valence-electron chi connectivity index (χ0n) is 17.3. The lowest BCUT2D eigenvalue weighted by atomic mass is 10.1. The fourth-order valence-electron chi connectivity index (χ4n) is 2.66. The van der Waals surface area contributed by atoms with E-state index in [-0.39, 0.29) is 36.3 Å². The van der Waals surface area contributed by atoms with E-state index in [4.69, 9.17) is 26.8 Å². The molecular weight excluding hydrogens is 519 g/mol. The van der Waals surface area contributed by atoms with Gasteiger partial charge in [0.2, 0.25) is 5.91 Å². The minimum Gasteiger partial charge on any atom is -0.493 e. The molecule has 0 spiro atoms. The molecule has 2 rings (SSSR count). The molecule has 0 fully saturated rings. The van der Waals surface area contributed by atoms with Crippen molar-refractivity contribution in [3.8, 4) is 11.5 Å². The maximum atomic E-state index is 12.1. The molecule has 0 bridgehead atoms. The van der Waals surface area contributed by atoms with Crippen molar-refractivity contribution in [3.05, 3.63) is 52.5 Å². The lowest BCUT2D eigenvalue weighted by Gasteiger charge is -2.10. The Bertz CT molecular complexity index is 877. The summed E-state index contributed by atoms with van der Waals surface area (Å²) in [5.41, 5.74) is 8.49. The molecule has 0 atom stereocenters. The lowest BCUT2D eigenvalue weighted by Crippen LogP contribution is -2.33. The Kier molecular flexibility index (Phi) is 11.3. The molecule has 0 radical (unpaired) electrons. The number of amides is 1. The summed E-state index contributed by atoms with van der Waals surface area (Å²) in [5.74, 6) is 1.54. The van der Waals surface area contributed by atoms with Crippen LogP contribution in [0, 0.1) is 6.92 Å². The topological polar surface area (TPSA) is 98.0 Å². The molecule has 2 aromatic rings. The van der Waals surface area contributed by atoms with Crippen molar-refractivity contribution < 1.29 is 14.3 Å². The Hall–Kier alpha value is -2.20. The summed E-state index contributed by atoms with van der Waals surface area (Å²) in [6.07, 6.45) is 0.967. The first-order valence-corrected chi connectivity index (χ1v) is 9.62. The molecule has 4 N–H and O–H groups in total. The van der Waals surface area contributed by atoms with Crippen LogP contribution in [0.3, 0.4) is 0 Å². The summed E-state index contributed by atoms with van der Waals surface area (Å²) >= 11 is 6.06. The number of carbonyl (C=O) groups excluding carboxylic acids is 1. The highest BCUT2D eigenvalue weighted by Crippen LogP contribution is 2.27. The average Bonchev–Trinajstić information content (AvgIpc) is 2.71. The van der Waals surface area contributed by atoms with Gasteiger partial charge in [-0.2, -0.15) is 0 Å². The van der Waals surface area contributed by atoms with Crippen LogP contribution in [0.4, 0.5) is 5.69 Å². The van der Waals surface area contributed by atoms with Crippen molar-refractivity contribution in [2.24, 2.45) is 10.7 Å². The molecule has 164 valence electrons. The zero-order valence-corrected chi connectivity index (χ0v) is 20.4. The summed E-state index contributed by atoms with van der Waals surface area (Å²) < 4.78 is 10.5. The van der Waals surface area contributed by atoms with Crippen molar-refractivity contribution in [3.63, 3.8) is 0 Å². The van der Waals surface area contributed by atoms with E-state index < -0.39 is 0 Å². The molecule has 0 heterocycles. The van der Waals surface area contributed by atoms with Crippen molar-refractivity contribution in [1.29, 1.82) is 0 Å². The van der Waals surface area contributed by atoms with Gasteiger partial charge in [-0.15, -0.1) is 24.0 Å². The molecule has 0 saturated heterocycles. The molecule has 1 amide bonds. The lowest BCUT2D eigenvalue weighted by molar-refractivity contribution is -0.116. The molecule has 0 aliphatic heterocycles. The summed E-state index contributed by atoms with van der Waals surface area (Å²) in [6, 6.07) is 11.2. The van der Waals surface area contributed by atoms with Crippen LogP contribution in [0.1, 0.15) is 17.5 Å². The standard InChI is InChI=1S/C21H27ClN4O3.HI/c1-14-16(22)5-4-6-17(14)26-20(27)10-12-25-21(23)24-11-9-15-7-8-18(28-2)19(13-15)29-3;/h4-8,13H,9-12H2,1-3H3,(H,26,27)(H3,23,24,25);1H. The van der Waals surface area contributed by atoms with Crippen molar-refractivity contribution in [2.45, 2.75) is 19.8 Å². The van der Waals surface area contributed by atoms with Crippen LogP contribution in [0.5, 0.6) is 11.5 Å². The van der Waals surface area contributed by atoms with Crippen LogP contribution in [-0.2, 0) is 11.2 Å². The van der Waals surface area contributed by atoms with E-state index in [1.165, 1.54) is 0 Å². The quantitative estimate of drug-likeness (QED) is 0.253. The smallest absolute Gasteiger partial charge is 0.226 e. The predicted molar refractivity (Wildman–Crippen MR) is 133 cm³/mol. The first-order valence-electron chi connectivity index (χ1n) is 9.24. The largest absolute Gasteiger partial charge is 0.493 e. The summed E-state index contributed by atoms with van der Waals surface area (Å²) in [4.78, 5) is 16.3. The van der Waals surface area contributed by atoms with Crippen LogP contribution in [0.2, 0.25) is 5.02 Å². The number of hydrogen-bond donors (Lipinski definition) is 3. The Balaban J connectivity index is 0.00000450. The van der Waals surface area contributed by atoms with Crippen LogP contribution in [0.15, 0.2) is 41.4 Å². The minimum atomic E-state index is -0.141. The molecule has 7 nitrogen and oxygen atoms in total. The fourth-order valence-corrected chi connectivity index (χ4v) is 2.83. The number of hydrogen-bond acceptors (Lipinski definition) is 4. The number of carbonyl (C=O) groups is 1. The summed E-state index contributed by atoms with van der Waals surface area (Å²) in [6.45, 7) is 2.76. The Labute approximate surface area is 199 Å². The van der Waals surface area contributed by atoms with Crippen molar-refractivity contribution >= 4 is 53.1 Å². The van der Waals surface area contributed by atoms with Crippen LogP contribution in [0.25, 0.3) is 0 Å². The number of ether oxygens (including phenoxy) is 2. The number of nitrogens with one attached hydrogen (secondary N) is 2. The van der Waals surface area contributed by atoms with Crippen LogP contribution in [-0.4, -0.2) is 39.2 Å². The van der Waals surface area contributed by atoms with E-state index in [0.717, 1.165) is 17.5 Å². The van der Waals surface area contributed by atoms with Gasteiger partial charge in [0.15, 0.2) is 17.5 Å². The number of benzene rings is 2. The van der Waals surface area contributed by atoms with Gasteiger partial charge < -0.3 is 25.8 Å². The highest BCUT2D eigenvalue weighted by atomic mass is 127. The predicted octanol–water partition coefficient (Wildman–Crippen LogP) is 3.76. The molecule has 0 aliphatic carbocycles. The van der Waals surface area contributed by atoms with Gasteiger partial charge in [0.05, 0.1) is 20.8 Å². The Morgan fingerprint density at radius 2 is 1.90 bits per heavy atom. The highest BCUT2D eigenvalue weighted by molar-refractivity contribution is 14.0. The third-order valence-electron chi connectivity index (χ3n) is 4.33. The minimum absolute atomic E-state index is 0. The van der Waals surface area contributed by atoms with Gasteiger partial charge >= 0.3 is 0 Å². The Morgan fingerprint density at radius 3 is 2.60 bits per heavy atom. The van der Waals surface area contributed by atoms with E-state index in [1.807, 2.05) is 31.2 Å². The van der Waals surface area contributed by atoms with Crippen molar-refractivity contribution in [1.82, 2.24) is 5.32 Å². The molecule has 30 heavy (non-hydrogen) atoms. The molecule has 0 saturated carbocycles. The number of halogens is 2. The zero-order chi connectivity index (χ0) is 21.2. The number of nitrogens with two attached hydrogens (primary N) is 1. The third kappa shape index (κ3) is 7.91. The summed E-state index contributed by atoms with van der Waals surface area (Å²) in [7, 11) is 3.21. The van der Waals surface area contributed by atoms with E-state index >= 15 is 0 Å². The molecule has 0 aromatic heterocycles. The fraction of sp³-hybridized carbons (Fsp3) is 0.333. The van der Waals surface area contributed by atoms with E-state index in [9.17, 15) is 4.79 Å². The highest BCUT2D eigenvalue weighted by Gasteiger charge is 2.07. The summed E-state index contributed by atoms with van der Waals surface area (Å²) in [5, 5.41) is 6.49. The first kappa shape index (κ1) is 25.8. The third-order valence-corrected chi connectivity index (χ3v) is 4.74. The monoisotopic (exact) mass is 546 g/mol. The maximum absolute atomic E-state index is 12.1. The van der Waals surface area contributed by atoms with E-state index in [1.54, 1.807) is 26.4 Å².